The van der Waals surface area contributed by atoms with E-state index in [0.29, 0.717) is 17.7 Å². The summed E-state index contributed by atoms with van der Waals surface area (Å²) in [6.45, 7) is 0.644. The van der Waals surface area contributed by atoms with Gasteiger partial charge in [-0.3, -0.25) is 9.78 Å². The highest BCUT2D eigenvalue weighted by atomic mass is 127. The lowest BCUT2D eigenvalue weighted by atomic mass is 10.1. The van der Waals surface area contributed by atoms with E-state index in [-0.39, 0.29) is 18.3 Å². The fourth-order valence-electron chi connectivity index (χ4n) is 2.82. The van der Waals surface area contributed by atoms with Crippen molar-refractivity contribution < 1.29 is 9.18 Å². The molecular formula is C17H12FIN4O. The van der Waals surface area contributed by atoms with Gasteiger partial charge in [-0.25, -0.2) is 7.29 Å². The van der Waals surface area contributed by atoms with Crippen LogP contribution >= 0.6 is 22.9 Å². The molecule has 5 nitrogen and oxygen atoms in total. The topological polar surface area (TPSA) is 51.0 Å². The van der Waals surface area contributed by atoms with Crippen molar-refractivity contribution >= 4 is 28.8 Å². The molecule has 1 aromatic carbocycles. The summed E-state index contributed by atoms with van der Waals surface area (Å²) in [7, 11) is 0. The first-order valence-corrected chi connectivity index (χ1v) is 8.31. The highest BCUT2D eigenvalue weighted by Crippen LogP contribution is 2.26. The average molecular weight is 434 g/mol. The van der Waals surface area contributed by atoms with E-state index in [1.807, 2.05) is 35.1 Å². The standard InChI is InChI=1S/C17H12FIN4O/c18-15-6-11(13-7-21-23(19)9-13)3-4-12(15)8-22-10-16-14(17(22)24)2-1-5-20-16/h1-7,9H,8,10H2. The number of aromatic nitrogens is 3. The van der Waals surface area contributed by atoms with Gasteiger partial charge < -0.3 is 4.90 Å². The van der Waals surface area contributed by atoms with Crippen molar-refractivity contribution in [1.29, 1.82) is 0 Å². The third kappa shape index (κ3) is 2.68. The molecule has 0 saturated heterocycles. The van der Waals surface area contributed by atoms with Gasteiger partial charge in [0.15, 0.2) is 0 Å². The van der Waals surface area contributed by atoms with Crippen LogP contribution in [-0.2, 0) is 13.1 Å². The van der Waals surface area contributed by atoms with Gasteiger partial charge in [-0.1, -0.05) is 12.1 Å². The Balaban J connectivity index is 1.57. The highest BCUT2D eigenvalue weighted by molar-refractivity contribution is 14.1. The summed E-state index contributed by atoms with van der Waals surface area (Å²) < 4.78 is 16.1. The number of rotatable bonds is 3. The summed E-state index contributed by atoms with van der Waals surface area (Å²) in [5, 5.41) is 4.08. The second kappa shape index (κ2) is 5.97. The number of carbonyl (C=O) groups excluding carboxylic acids is 1. The average Bonchev–Trinajstić information content (AvgIpc) is 3.14. The van der Waals surface area contributed by atoms with Gasteiger partial charge in [0.2, 0.25) is 0 Å². The predicted octanol–water partition coefficient (Wildman–Crippen LogP) is 3.44. The first-order chi connectivity index (χ1) is 11.6. The fourth-order valence-corrected chi connectivity index (χ4v) is 3.24. The van der Waals surface area contributed by atoms with E-state index in [0.717, 1.165) is 16.8 Å². The van der Waals surface area contributed by atoms with Crippen molar-refractivity contribution in [2.75, 3.05) is 0 Å². The van der Waals surface area contributed by atoms with Crippen molar-refractivity contribution in [1.82, 2.24) is 17.9 Å². The molecule has 0 atom stereocenters. The normalized spacial score (nSPS) is 13.4. The Morgan fingerprint density at radius 1 is 1.25 bits per heavy atom. The molecule has 24 heavy (non-hydrogen) atoms. The number of carbonyl (C=O) groups is 1. The molecule has 3 aromatic rings. The Morgan fingerprint density at radius 3 is 2.83 bits per heavy atom. The van der Waals surface area contributed by atoms with Crippen LogP contribution < -0.4 is 0 Å². The zero-order valence-corrected chi connectivity index (χ0v) is 14.6. The number of fused-ring (bicyclic) bond motifs is 1. The van der Waals surface area contributed by atoms with Crippen LogP contribution in [0.1, 0.15) is 21.6 Å². The van der Waals surface area contributed by atoms with Crippen molar-refractivity contribution in [2.24, 2.45) is 0 Å². The van der Waals surface area contributed by atoms with Gasteiger partial charge in [0.05, 0.1) is 46.9 Å². The van der Waals surface area contributed by atoms with E-state index < -0.39 is 0 Å². The molecule has 1 aliphatic heterocycles. The molecule has 0 N–H and O–H groups in total. The molecule has 1 amide bonds. The maximum absolute atomic E-state index is 14.5. The zero-order chi connectivity index (χ0) is 16.7. The quantitative estimate of drug-likeness (QED) is 0.594. The van der Waals surface area contributed by atoms with Crippen molar-refractivity contribution in [3.63, 3.8) is 0 Å². The van der Waals surface area contributed by atoms with Crippen LogP contribution in [0.4, 0.5) is 4.39 Å². The molecular weight excluding hydrogens is 422 g/mol. The monoisotopic (exact) mass is 434 g/mol. The van der Waals surface area contributed by atoms with E-state index in [4.69, 9.17) is 0 Å². The van der Waals surface area contributed by atoms with Crippen molar-refractivity contribution in [2.45, 2.75) is 13.1 Å². The molecule has 120 valence electrons. The van der Waals surface area contributed by atoms with E-state index in [1.54, 1.807) is 38.4 Å². The van der Waals surface area contributed by atoms with Gasteiger partial charge in [0, 0.05) is 30.1 Å². The summed E-state index contributed by atoms with van der Waals surface area (Å²) in [6, 6.07) is 8.54. The van der Waals surface area contributed by atoms with Crippen LogP contribution in [0.3, 0.4) is 0 Å². The number of amides is 1. The summed E-state index contributed by atoms with van der Waals surface area (Å²) >= 11 is 2.04. The minimum absolute atomic E-state index is 0.104. The van der Waals surface area contributed by atoms with E-state index in [9.17, 15) is 9.18 Å². The Bertz CT molecular complexity index is 940. The number of pyridine rings is 1. The lowest BCUT2D eigenvalue weighted by molar-refractivity contribution is 0.0765. The largest absolute Gasteiger partial charge is 0.328 e. The summed E-state index contributed by atoms with van der Waals surface area (Å²) in [4.78, 5) is 18.2. The maximum Gasteiger partial charge on any atom is 0.256 e. The van der Waals surface area contributed by atoms with Crippen molar-refractivity contribution in [3.8, 4) is 11.1 Å². The summed E-state index contributed by atoms with van der Waals surface area (Å²) in [6.07, 6.45) is 5.17. The summed E-state index contributed by atoms with van der Waals surface area (Å²) in [5.74, 6) is -0.432. The van der Waals surface area contributed by atoms with E-state index in [2.05, 4.69) is 10.1 Å². The van der Waals surface area contributed by atoms with Crippen LogP contribution in [-0.4, -0.2) is 23.8 Å². The molecule has 0 bridgehead atoms. The molecule has 1 aliphatic rings. The number of halogens is 2. The van der Waals surface area contributed by atoms with Gasteiger partial charge >= 0.3 is 0 Å². The first-order valence-electron chi connectivity index (χ1n) is 7.34. The van der Waals surface area contributed by atoms with E-state index in [1.165, 1.54) is 6.07 Å². The Kier molecular flexibility index (Phi) is 3.79. The number of hydrogen-bond acceptors (Lipinski definition) is 3. The second-order valence-corrected chi connectivity index (χ2v) is 6.57. The lowest BCUT2D eigenvalue weighted by Gasteiger charge is -2.16. The van der Waals surface area contributed by atoms with Crippen LogP contribution in [0, 0.1) is 5.82 Å². The Hall–Kier alpha value is -2.29. The van der Waals surface area contributed by atoms with Gasteiger partial charge in [-0.2, -0.15) is 5.10 Å². The van der Waals surface area contributed by atoms with Crippen LogP contribution in [0.15, 0.2) is 48.9 Å². The fraction of sp³-hybridized carbons (Fsp3) is 0.118. The minimum Gasteiger partial charge on any atom is -0.328 e. The molecule has 2 aromatic heterocycles. The maximum atomic E-state index is 14.5. The molecule has 7 heteroatoms. The SMILES string of the molecule is O=C1c2cccnc2CN1Cc1ccc(-c2cnn(I)c2)cc1F. The Labute approximate surface area is 151 Å². The molecule has 0 saturated carbocycles. The van der Waals surface area contributed by atoms with Gasteiger partial charge in [-0.15, -0.1) is 0 Å². The summed E-state index contributed by atoms with van der Waals surface area (Å²) in [5.41, 5.74) is 3.44. The highest BCUT2D eigenvalue weighted by Gasteiger charge is 2.28. The Morgan fingerprint density at radius 2 is 2.12 bits per heavy atom. The van der Waals surface area contributed by atoms with Crippen molar-refractivity contribution in [3.05, 3.63) is 71.6 Å². The van der Waals surface area contributed by atoms with E-state index >= 15 is 0 Å². The molecule has 0 spiro atoms. The molecule has 0 radical (unpaired) electrons. The predicted molar refractivity (Wildman–Crippen MR) is 94.9 cm³/mol. The smallest absolute Gasteiger partial charge is 0.256 e. The van der Waals surface area contributed by atoms with Crippen LogP contribution in [0.5, 0.6) is 0 Å². The zero-order valence-electron chi connectivity index (χ0n) is 12.5. The van der Waals surface area contributed by atoms with Gasteiger partial charge in [-0.05, 0) is 23.8 Å². The van der Waals surface area contributed by atoms with Gasteiger partial charge in [0.1, 0.15) is 5.82 Å². The van der Waals surface area contributed by atoms with Gasteiger partial charge in [0.25, 0.3) is 5.91 Å². The molecule has 0 unspecified atom stereocenters. The molecule has 4 rings (SSSR count). The van der Waals surface area contributed by atoms with Crippen LogP contribution in [0.2, 0.25) is 0 Å². The number of nitrogens with zero attached hydrogens (tertiary/aromatic N) is 4. The number of hydrogen-bond donors (Lipinski definition) is 0. The lowest BCUT2D eigenvalue weighted by Crippen LogP contribution is -2.23. The molecule has 0 aliphatic carbocycles. The molecule has 0 fully saturated rings. The third-order valence-corrected chi connectivity index (χ3v) is 4.58. The minimum atomic E-state index is -0.328. The first kappa shape index (κ1) is 15.3. The second-order valence-electron chi connectivity index (χ2n) is 5.58. The third-order valence-electron chi connectivity index (χ3n) is 4.05. The molecule has 3 heterocycles. The number of benzene rings is 1. The van der Waals surface area contributed by atoms with Crippen LogP contribution in [0.25, 0.3) is 11.1 Å².